The van der Waals surface area contributed by atoms with Crippen molar-refractivity contribution in [3.8, 4) is 5.88 Å². The Bertz CT molecular complexity index is 505. The maximum Gasteiger partial charge on any atom is 0.257 e. The van der Waals surface area contributed by atoms with E-state index in [4.69, 9.17) is 4.74 Å². The number of nitrogens with zero attached hydrogens (tertiary/aromatic N) is 3. The minimum atomic E-state index is 0.00623. The molecule has 0 aliphatic carbocycles. The van der Waals surface area contributed by atoms with Crippen LogP contribution < -0.4 is 15.0 Å². The molecule has 0 saturated carbocycles. The number of anilines is 1. The molecule has 1 atom stereocenters. The Morgan fingerprint density at radius 2 is 2.05 bits per heavy atom. The molecule has 1 amide bonds. The molecule has 1 saturated heterocycles. The smallest absolute Gasteiger partial charge is 0.257 e. The number of nitrogens with one attached hydrogen (secondary N) is 1. The van der Waals surface area contributed by atoms with Crippen molar-refractivity contribution >= 4 is 11.7 Å². The molecule has 2 heterocycles. The lowest BCUT2D eigenvalue weighted by atomic mass is 10.0. The van der Waals surface area contributed by atoms with Crippen LogP contribution in [0.25, 0.3) is 0 Å². The first kappa shape index (κ1) is 16.5. The lowest BCUT2D eigenvalue weighted by Crippen LogP contribution is -2.49. The summed E-state index contributed by atoms with van der Waals surface area (Å²) in [5.41, 5.74) is 0. The van der Waals surface area contributed by atoms with Crippen molar-refractivity contribution < 1.29 is 9.53 Å². The van der Waals surface area contributed by atoms with Crippen molar-refractivity contribution in [1.29, 1.82) is 0 Å². The molecular weight excluding hydrogens is 280 g/mol. The Morgan fingerprint density at radius 1 is 1.32 bits per heavy atom. The zero-order valence-corrected chi connectivity index (χ0v) is 13.9. The first-order valence-corrected chi connectivity index (χ1v) is 8.00. The number of carbonyl (C=O) groups excluding carboxylic acids is 1. The van der Waals surface area contributed by atoms with Crippen LogP contribution in [0.2, 0.25) is 0 Å². The molecule has 1 aliphatic heterocycles. The van der Waals surface area contributed by atoms with E-state index in [1.54, 1.807) is 12.4 Å². The third-order valence-electron chi connectivity index (χ3n) is 3.59. The molecule has 6 heteroatoms. The Labute approximate surface area is 132 Å². The van der Waals surface area contributed by atoms with Crippen molar-refractivity contribution in [3.05, 3.63) is 12.4 Å². The second-order valence-corrected chi connectivity index (χ2v) is 6.30. The van der Waals surface area contributed by atoms with E-state index in [1.165, 1.54) is 0 Å². The van der Waals surface area contributed by atoms with Crippen LogP contribution in [0.4, 0.5) is 5.82 Å². The van der Waals surface area contributed by atoms with Crippen LogP contribution in [0, 0.1) is 5.92 Å². The molecule has 1 aromatic rings. The van der Waals surface area contributed by atoms with E-state index in [9.17, 15) is 4.79 Å². The highest BCUT2D eigenvalue weighted by molar-refractivity contribution is 5.78. The average molecular weight is 306 g/mol. The summed E-state index contributed by atoms with van der Waals surface area (Å²) in [6, 6.07) is 0.151. The van der Waals surface area contributed by atoms with Gasteiger partial charge in [0.15, 0.2) is 5.82 Å². The summed E-state index contributed by atoms with van der Waals surface area (Å²) >= 11 is 0. The van der Waals surface area contributed by atoms with Gasteiger partial charge < -0.3 is 15.0 Å². The van der Waals surface area contributed by atoms with Gasteiger partial charge in [0.25, 0.3) is 5.88 Å². The molecule has 6 nitrogen and oxygen atoms in total. The van der Waals surface area contributed by atoms with Crippen molar-refractivity contribution in [1.82, 2.24) is 15.3 Å². The largest absolute Gasteiger partial charge is 0.472 e. The van der Waals surface area contributed by atoms with E-state index in [0.717, 1.165) is 31.7 Å². The van der Waals surface area contributed by atoms with Gasteiger partial charge in [-0.05, 0) is 26.7 Å². The third-order valence-corrected chi connectivity index (χ3v) is 3.59. The molecule has 0 spiro atoms. The third kappa shape index (κ3) is 4.32. The van der Waals surface area contributed by atoms with Gasteiger partial charge in [0.05, 0.1) is 6.10 Å². The maximum absolute atomic E-state index is 11.9. The lowest BCUT2D eigenvalue weighted by Gasteiger charge is -2.34. The second kappa shape index (κ2) is 7.42. The van der Waals surface area contributed by atoms with Gasteiger partial charge in [-0.25, -0.2) is 9.97 Å². The fourth-order valence-corrected chi connectivity index (χ4v) is 2.50. The SMILES string of the molecule is CC(C)Oc1nccnc1N1CCC[C@H](NC(=O)C(C)C)C1. The van der Waals surface area contributed by atoms with Crippen LogP contribution in [0.1, 0.15) is 40.5 Å². The summed E-state index contributed by atoms with van der Waals surface area (Å²) in [4.78, 5) is 22.8. The van der Waals surface area contributed by atoms with Gasteiger partial charge in [-0.15, -0.1) is 0 Å². The fraction of sp³-hybridized carbons (Fsp3) is 0.688. The molecule has 0 aromatic carbocycles. The summed E-state index contributed by atoms with van der Waals surface area (Å²) in [5, 5.41) is 3.11. The minimum absolute atomic E-state index is 0.00623. The number of rotatable bonds is 5. The van der Waals surface area contributed by atoms with Gasteiger partial charge in [0.2, 0.25) is 5.91 Å². The summed E-state index contributed by atoms with van der Waals surface area (Å²) in [6.45, 7) is 9.41. The van der Waals surface area contributed by atoms with Gasteiger partial charge in [-0.2, -0.15) is 0 Å². The molecule has 1 aromatic heterocycles. The molecule has 1 aliphatic rings. The van der Waals surface area contributed by atoms with Gasteiger partial charge in [-0.3, -0.25) is 4.79 Å². The lowest BCUT2D eigenvalue weighted by molar-refractivity contribution is -0.124. The van der Waals surface area contributed by atoms with Crippen LogP contribution in [0.15, 0.2) is 12.4 Å². The zero-order chi connectivity index (χ0) is 16.1. The molecule has 122 valence electrons. The van der Waals surface area contributed by atoms with E-state index >= 15 is 0 Å². The number of amides is 1. The first-order chi connectivity index (χ1) is 10.5. The number of ether oxygens (including phenoxy) is 1. The predicted molar refractivity (Wildman–Crippen MR) is 86.0 cm³/mol. The Hall–Kier alpha value is -1.85. The highest BCUT2D eigenvalue weighted by atomic mass is 16.5. The standard InChI is InChI=1S/C16H26N4O2/c1-11(2)15(21)19-13-6-5-9-20(10-13)14-16(22-12(3)4)18-8-7-17-14/h7-8,11-13H,5-6,9-10H2,1-4H3,(H,19,21)/t13-/m0/s1. The van der Waals surface area contributed by atoms with Gasteiger partial charge in [0, 0.05) is 37.4 Å². The maximum atomic E-state index is 11.9. The van der Waals surface area contributed by atoms with Crippen LogP contribution in [0.3, 0.4) is 0 Å². The molecular formula is C16H26N4O2. The van der Waals surface area contributed by atoms with Crippen LogP contribution in [-0.4, -0.2) is 41.1 Å². The number of hydrogen-bond donors (Lipinski definition) is 1. The molecule has 2 rings (SSSR count). The van der Waals surface area contributed by atoms with Crippen LogP contribution >= 0.6 is 0 Å². The van der Waals surface area contributed by atoms with E-state index in [0.29, 0.717) is 5.88 Å². The number of aromatic nitrogens is 2. The molecule has 0 unspecified atom stereocenters. The minimum Gasteiger partial charge on any atom is -0.472 e. The number of hydrogen-bond acceptors (Lipinski definition) is 5. The molecule has 1 N–H and O–H groups in total. The van der Waals surface area contributed by atoms with E-state index in [-0.39, 0.29) is 24.0 Å². The number of piperidine rings is 1. The zero-order valence-electron chi connectivity index (χ0n) is 13.9. The summed E-state index contributed by atoms with van der Waals surface area (Å²) in [7, 11) is 0. The van der Waals surface area contributed by atoms with E-state index in [1.807, 2.05) is 27.7 Å². The highest BCUT2D eigenvalue weighted by Crippen LogP contribution is 2.26. The molecule has 1 fully saturated rings. The Morgan fingerprint density at radius 3 is 2.73 bits per heavy atom. The van der Waals surface area contributed by atoms with E-state index in [2.05, 4.69) is 20.2 Å². The van der Waals surface area contributed by atoms with Crippen molar-refractivity contribution in [2.75, 3.05) is 18.0 Å². The van der Waals surface area contributed by atoms with Gasteiger partial charge >= 0.3 is 0 Å². The Kier molecular flexibility index (Phi) is 5.57. The quantitative estimate of drug-likeness (QED) is 0.901. The molecule has 0 bridgehead atoms. The average Bonchev–Trinajstić information content (AvgIpc) is 2.47. The second-order valence-electron chi connectivity index (χ2n) is 6.30. The molecule has 0 radical (unpaired) electrons. The summed E-state index contributed by atoms with van der Waals surface area (Å²) in [6.07, 6.45) is 5.38. The summed E-state index contributed by atoms with van der Waals surface area (Å²) < 4.78 is 5.75. The van der Waals surface area contributed by atoms with Crippen molar-refractivity contribution in [2.45, 2.75) is 52.7 Å². The normalized spacial score (nSPS) is 18.6. The first-order valence-electron chi connectivity index (χ1n) is 8.00. The number of carbonyl (C=O) groups is 1. The van der Waals surface area contributed by atoms with Crippen LogP contribution in [-0.2, 0) is 4.79 Å². The fourth-order valence-electron chi connectivity index (χ4n) is 2.50. The Balaban J connectivity index is 2.07. The molecule has 22 heavy (non-hydrogen) atoms. The predicted octanol–water partition coefficient (Wildman–Crippen LogP) is 2.00. The van der Waals surface area contributed by atoms with Crippen molar-refractivity contribution in [3.63, 3.8) is 0 Å². The summed E-state index contributed by atoms with van der Waals surface area (Å²) in [5.74, 6) is 1.43. The van der Waals surface area contributed by atoms with Gasteiger partial charge in [0.1, 0.15) is 0 Å². The highest BCUT2D eigenvalue weighted by Gasteiger charge is 2.25. The van der Waals surface area contributed by atoms with Crippen molar-refractivity contribution in [2.24, 2.45) is 5.92 Å². The van der Waals surface area contributed by atoms with E-state index < -0.39 is 0 Å². The topological polar surface area (TPSA) is 67.4 Å². The van der Waals surface area contributed by atoms with Gasteiger partial charge in [-0.1, -0.05) is 13.8 Å². The van der Waals surface area contributed by atoms with Crippen LogP contribution in [0.5, 0.6) is 5.88 Å². The monoisotopic (exact) mass is 306 g/mol.